The van der Waals surface area contributed by atoms with Gasteiger partial charge in [-0.15, -0.1) is 0 Å². The lowest BCUT2D eigenvalue weighted by Crippen LogP contribution is -2.23. The van der Waals surface area contributed by atoms with Crippen LogP contribution in [0.15, 0.2) is 17.1 Å². The molecule has 1 aromatic rings. The van der Waals surface area contributed by atoms with Crippen LogP contribution in [0.1, 0.15) is 12.7 Å². The molecule has 1 rings (SSSR count). The van der Waals surface area contributed by atoms with Crippen molar-refractivity contribution in [1.29, 1.82) is 0 Å². The van der Waals surface area contributed by atoms with E-state index >= 15 is 0 Å². The Morgan fingerprint density at radius 1 is 1.69 bits per heavy atom. The molecule has 5 heteroatoms. The number of hydrogen-bond acceptors (Lipinski definition) is 3. The lowest BCUT2D eigenvalue weighted by molar-refractivity contribution is -0.118. The van der Waals surface area contributed by atoms with Gasteiger partial charge in [-0.3, -0.25) is 9.59 Å². The topological polar surface area (TPSA) is 74.8 Å². The molecule has 0 radical (unpaired) electrons. The zero-order valence-electron chi connectivity index (χ0n) is 7.33. The van der Waals surface area contributed by atoms with Crippen molar-refractivity contribution in [3.05, 3.63) is 28.4 Å². The minimum absolute atomic E-state index is 0.0849. The number of amides is 1. The summed E-state index contributed by atoms with van der Waals surface area (Å²) in [4.78, 5) is 27.8. The lowest BCUT2D eigenvalue weighted by Gasteiger charge is -2.00. The molecule has 1 aromatic heterocycles. The van der Waals surface area contributed by atoms with Gasteiger partial charge >= 0.3 is 0 Å². The maximum atomic E-state index is 10.8. The third-order valence-corrected chi connectivity index (χ3v) is 1.46. The van der Waals surface area contributed by atoms with E-state index < -0.39 is 0 Å². The van der Waals surface area contributed by atoms with Crippen molar-refractivity contribution < 1.29 is 4.79 Å². The van der Waals surface area contributed by atoms with E-state index in [0.717, 1.165) is 0 Å². The van der Waals surface area contributed by atoms with Crippen molar-refractivity contribution in [3.63, 3.8) is 0 Å². The average Bonchev–Trinajstić information content (AvgIpc) is 2.03. The molecule has 1 heterocycles. The number of rotatable bonds is 3. The van der Waals surface area contributed by atoms with Crippen molar-refractivity contribution in [3.8, 4) is 0 Å². The van der Waals surface area contributed by atoms with E-state index in [2.05, 4.69) is 15.3 Å². The maximum absolute atomic E-state index is 10.8. The summed E-state index contributed by atoms with van der Waals surface area (Å²) < 4.78 is 0. The Morgan fingerprint density at radius 2 is 2.46 bits per heavy atom. The number of aromatic amines is 1. The van der Waals surface area contributed by atoms with E-state index in [0.29, 0.717) is 18.8 Å². The minimum atomic E-state index is -0.173. The number of carbonyl (C=O) groups is 1. The predicted molar refractivity (Wildman–Crippen MR) is 47.2 cm³/mol. The molecule has 13 heavy (non-hydrogen) atoms. The molecule has 0 unspecified atom stereocenters. The van der Waals surface area contributed by atoms with Gasteiger partial charge in [-0.05, 0) is 0 Å². The fraction of sp³-hybridized carbons (Fsp3) is 0.375. The summed E-state index contributed by atoms with van der Waals surface area (Å²) in [5.41, 5.74) is -0.173. The predicted octanol–water partition coefficient (Wildman–Crippen LogP) is -0.552. The Labute approximate surface area is 75.2 Å². The van der Waals surface area contributed by atoms with Crippen LogP contribution in [0.2, 0.25) is 0 Å². The van der Waals surface area contributed by atoms with Gasteiger partial charge in [0.1, 0.15) is 5.82 Å². The normalized spacial score (nSPS) is 9.62. The Hall–Kier alpha value is -1.65. The Balaban J connectivity index is 2.45. The van der Waals surface area contributed by atoms with Gasteiger partial charge in [0.15, 0.2) is 0 Å². The fourth-order valence-electron chi connectivity index (χ4n) is 0.895. The van der Waals surface area contributed by atoms with Crippen molar-refractivity contribution >= 4 is 5.91 Å². The molecule has 0 bridgehead atoms. The van der Waals surface area contributed by atoms with E-state index in [1.54, 1.807) is 0 Å². The number of nitrogens with zero attached hydrogens (tertiary/aromatic N) is 1. The average molecular weight is 181 g/mol. The molecule has 5 nitrogen and oxygen atoms in total. The lowest BCUT2D eigenvalue weighted by atomic mass is 10.4. The molecule has 0 saturated carbocycles. The number of hydrogen-bond donors (Lipinski definition) is 2. The highest BCUT2D eigenvalue weighted by Crippen LogP contribution is 1.83. The fourth-order valence-corrected chi connectivity index (χ4v) is 0.895. The van der Waals surface area contributed by atoms with E-state index in [-0.39, 0.29) is 11.5 Å². The molecule has 0 aliphatic rings. The molecule has 0 fully saturated rings. The third-order valence-electron chi connectivity index (χ3n) is 1.46. The monoisotopic (exact) mass is 181 g/mol. The van der Waals surface area contributed by atoms with Gasteiger partial charge in [0, 0.05) is 32.2 Å². The molecule has 0 saturated heterocycles. The second-order valence-corrected chi connectivity index (χ2v) is 2.61. The van der Waals surface area contributed by atoms with E-state index in [4.69, 9.17) is 0 Å². The van der Waals surface area contributed by atoms with Crippen molar-refractivity contribution in [1.82, 2.24) is 15.3 Å². The first-order chi connectivity index (χ1) is 6.18. The van der Waals surface area contributed by atoms with Gasteiger partial charge in [-0.2, -0.15) is 0 Å². The second-order valence-electron chi connectivity index (χ2n) is 2.61. The molecule has 70 valence electrons. The first kappa shape index (κ1) is 9.44. The second kappa shape index (κ2) is 4.39. The number of H-pyrrole nitrogens is 1. The molecule has 0 aliphatic carbocycles. The SMILES string of the molecule is CC(=O)NCCc1nccc(=O)[nH]1. The molecule has 1 amide bonds. The summed E-state index contributed by atoms with van der Waals surface area (Å²) in [6, 6.07) is 1.35. The standard InChI is InChI=1S/C8H11N3O2/c1-6(12)9-4-2-7-10-5-3-8(13)11-7/h3,5H,2,4H2,1H3,(H,9,12)(H,10,11,13). The Kier molecular flexibility index (Phi) is 3.19. The molecule has 0 atom stereocenters. The van der Waals surface area contributed by atoms with Crippen LogP contribution in [-0.4, -0.2) is 22.4 Å². The van der Waals surface area contributed by atoms with Crippen LogP contribution in [0.4, 0.5) is 0 Å². The van der Waals surface area contributed by atoms with Crippen molar-refractivity contribution in [2.24, 2.45) is 0 Å². The van der Waals surface area contributed by atoms with Crippen LogP contribution in [0, 0.1) is 0 Å². The van der Waals surface area contributed by atoms with Crippen LogP contribution < -0.4 is 10.9 Å². The molecular weight excluding hydrogens is 170 g/mol. The summed E-state index contributed by atoms with van der Waals surface area (Å²) in [7, 11) is 0. The van der Waals surface area contributed by atoms with Gasteiger partial charge in [0.25, 0.3) is 5.56 Å². The summed E-state index contributed by atoms with van der Waals surface area (Å²) in [6.07, 6.45) is 1.98. The van der Waals surface area contributed by atoms with Gasteiger partial charge in [-0.25, -0.2) is 4.98 Å². The maximum Gasteiger partial charge on any atom is 0.250 e. The first-order valence-electron chi connectivity index (χ1n) is 3.97. The summed E-state index contributed by atoms with van der Waals surface area (Å²) in [6.45, 7) is 1.93. The van der Waals surface area contributed by atoms with E-state index in [1.807, 2.05) is 0 Å². The van der Waals surface area contributed by atoms with E-state index in [9.17, 15) is 9.59 Å². The van der Waals surface area contributed by atoms with Gasteiger partial charge in [0.2, 0.25) is 5.91 Å². The number of nitrogens with one attached hydrogen (secondary N) is 2. The molecule has 0 aliphatic heterocycles. The Morgan fingerprint density at radius 3 is 3.08 bits per heavy atom. The zero-order valence-corrected chi connectivity index (χ0v) is 7.33. The van der Waals surface area contributed by atoms with Crippen LogP contribution in [0.5, 0.6) is 0 Å². The summed E-state index contributed by atoms with van der Waals surface area (Å²) >= 11 is 0. The van der Waals surface area contributed by atoms with Crippen LogP contribution in [0.25, 0.3) is 0 Å². The quantitative estimate of drug-likeness (QED) is 0.657. The minimum Gasteiger partial charge on any atom is -0.356 e. The zero-order chi connectivity index (χ0) is 9.68. The summed E-state index contributed by atoms with van der Waals surface area (Å²) in [5.74, 6) is 0.500. The highest BCUT2D eigenvalue weighted by Gasteiger charge is 1.95. The number of carbonyl (C=O) groups excluding carboxylic acids is 1. The van der Waals surface area contributed by atoms with Crippen LogP contribution in [-0.2, 0) is 11.2 Å². The van der Waals surface area contributed by atoms with Gasteiger partial charge < -0.3 is 10.3 Å². The van der Waals surface area contributed by atoms with Crippen LogP contribution in [0.3, 0.4) is 0 Å². The van der Waals surface area contributed by atoms with Gasteiger partial charge in [-0.1, -0.05) is 0 Å². The Bertz CT molecular complexity index is 345. The number of aromatic nitrogens is 2. The van der Waals surface area contributed by atoms with E-state index in [1.165, 1.54) is 19.2 Å². The van der Waals surface area contributed by atoms with Crippen molar-refractivity contribution in [2.45, 2.75) is 13.3 Å². The highest BCUT2D eigenvalue weighted by molar-refractivity contribution is 5.72. The first-order valence-corrected chi connectivity index (χ1v) is 3.97. The molecular formula is C8H11N3O2. The van der Waals surface area contributed by atoms with Crippen molar-refractivity contribution in [2.75, 3.05) is 6.54 Å². The highest BCUT2D eigenvalue weighted by atomic mass is 16.1. The molecule has 0 spiro atoms. The van der Waals surface area contributed by atoms with Gasteiger partial charge in [0.05, 0.1) is 0 Å². The van der Waals surface area contributed by atoms with Crippen LogP contribution >= 0.6 is 0 Å². The largest absolute Gasteiger partial charge is 0.356 e. The summed E-state index contributed by atoms with van der Waals surface area (Å²) in [5, 5.41) is 2.61. The molecule has 0 aromatic carbocycles. The third kappa shape index (κ3) is 3.50. The molecule has 2 N–H and O–H groups in total. The smallest absolute Gasteiger partial charge is 0.250 e.